The van der Waals surface area contributed by atoms with Crippen molar-refractivity contribution in [2.45, 2.75) is 6.42 Å². The van der Waals surface area contributed by atoms with Crippen LogP contribution in [0.25, 0.3) is 11.0 Å². The molecule has 0 aliphatic carbocycles. The summed E-state index contributed by atoms with van der Waals surface area (Å²) in [6.45, 7) is 0. The number of carbonyl (C=O) groups is 1. The van der Waals surface area contributed by atoms with Crippen molar-refractivity contribution < 1.29 is 15.0 Å². The van der Waals surface area contributed by atoms with E-state index in [1.165, 1.54) is 6.33 Å². The van der Waals surface area contributed by atoms with Gasteiger partial charge in [0.15, 0.2) is 5.65 Å². The average Bonchev–Trinajstić information content (AvgIpc) is 2.49. The van der Waals surface area contributed by atoms with Crippen LogP contribution >= 0.6 is 0 Å². The maximum atomic E-state index is 10.4. The fourth-order valence-corrected chi connectivity index (χ4v) is 1.17. The summed E-state index contributed by atoms with van der Waals surface area (Å²) >= 11 is 0. The molecule has 0 aliphatic rings. The average molecular weight is 194 g/mol. The monoisotopic (exact) mass is 194 g/mol. The van der Waals surface area contributed by atoms with E-state index in [0.29, 0.717) is 5.65 Å². The van der Waals surface area contributed by atoms with Gasteiger partial charge in [-0.15, -0.1) is 0 Å². The first-order valence-corrected chi connectivity index (χ1v) is 3.77. The molecule has 2 heterocycles. The van der Waals surface area contributed by atoms with E-state index in [9.17, 15) is 9.90 Å². The SMILES string of the molecule is O=C(O)Cc1n[nH]c2ncnc(O)c12. The molecule has 0 saturated carbocycles. The summed E-state index contributed by atoms with van der Waals surface area (Å²) in [4.78, 5) is 17.8. The van der Waals surface area contributed by atoms with Crippen molar-refractivity contribution in [3.63, 3.8) is 0 Å². The molecular weight excluding hydrogens is 188 g/mol. The van der Waals surface area contributed by atoms with E-state index in [2.05, 4.69) is 20.2 Å². The first kappa shape index (κ1) is 8.42. The van der Waals surface area contributed by atoms with Gasteiger partial charge in [0.05, 0.1) is 12.1 Å². The first-order chi connectivity index (χ1) is 6.68. The number of hydrogen-bond acceptors (Lipinski definition) is 5. The number of aromatic hydroxyl groups is 1. The Morgan fingerprint density at radius 3 is 3.00 bits per heavy atom. The molecule has 2 rings (SSSR count). The van der Waals surface area contributed by atoms with E-state index in [0.717, 1.165) is 0 Å². The fraction of sp³-hybridized carbons (Fsp3) is 0.143. The van der Waals surface area contributed by atoms with E-state index < -0.39 is 5.97 Å². The molecule has 2 aromatic heterocycles. The van der Waals surface area contributed by atoms with Crippen LogP contribution in [0, 0.1) is 0 Å². The molecule has 72 valence electrons. The zero-order chi connectivity index (χ0) is 10.1. The predicted octanol–water partition coefficient (Wildman–Crippen LogP) is -0.314. The predicted molar refractivity (Wildman–Crippen MR) is 44.7 cm³/mol. The molecule has 7 nitrogen and oxygen atoms in total. The molecule has 0 spiro atoms. The zero-order valence-corrected chi connectivity index (χ0v) is 6.93. The molecule has 0 aromatic carbocycles. The smallest absolute Gasteiger partial charge is 0.309 e. The highest BCUT2D eigenvalue weighted by Crippen LogP contribution is 2.21. The number of carboxylic acids is 1. The van der Waals surface area contributed by atoms with E-state index in [1.807, 2.05) is 0 Å². The minimum Gasteiger partial charge on any atom is -0.493 e. The molecule has 0 bridgehead atoms. The second-order valence-electron chi connectivity index (χ2n) is 2.66. The number of aliphatic carboxylic acids is 1. The summed E-state index contributed by atoms with van der Waals surface area (Å²) in [5.74, 6) is -1.29. The largest absolute Gasteiger partial charge is 0.493 e. The summed E-state index contributed by atoms with van der Waals surface area (Å²) in [6.07, 6.45) is 0.890. The highest BCUT2D eigenvalue weighted by Gasteiger charge is 2.14. The van der Waals surface area contributed by atoms with Gasteiger partial charge in [-0.25, -0.2) is 9.97 Å². The number of fused-ring (bicyclic) bond motifs is 1. The van der Waals surface area contributed by atoms with Gasteiger partial charge in [-0.3, -0.25) is 9.89 Å². The van der Waals surface area contributed by atoms with E-state index in [1.54, 1.807) is 0 Å². The molecule has 7 heteroatoms. The van der Waals surface area contributed by atoms with Gasteiger partial charge in [-0.2, -0.15) is 5.10 Å². The van der Waals surface area contributed by atoms with Gasteiger partial charge in [0.1, 0.15) is 11.7 Å². The van der Waals surface area contributed by atoms with Crippen molar-refractivity contribution in [2.75, 3.05) is 0 Å². The molecule has 3 N–H and O–H groups in total. The molecule has 2 aromatic rings. The van der Waals surface area contributed by atoms with Crippen LogP contribution < -0.4 is 0 Å². The minimum atomic E-state index is -1.03. The maximum absolute atomic E-state index is 10.4. The van der Waals surface area contributed by atoms with Crippen LogP contribution in [0.2, 0.25) is 0 Å². The summed E-state index contributed by atoms with van der Waals surface area (Å²) < 4.78 is 0. The third-order valence-electron chi connectivity index (χ3n) is 1.73. The molecule has 0 radical (unpaired) electrons. The normalized spacial score (nSPS) is 10.6. The van der Waals surface area contributed by atoms with Crippen LogP contribution in [0.5, 0.6) is 5.88 Å². The molecular formula is C7H6N4O3. The third-order valence-corrected chi connectivity index (χ3v) is 1.73. The van der Waals surface area contributed by atoms with Crippen LogP contribution in [0.1, 0.15) is 5.69 Å². The lowest BCUT2D eigenvalue weighted by molar-refractivity contribution is -0.136. The Bertz CT molecular complexity index is 493. The second kappa shape index (κ2) is 2.95. The molecule has 0 amide bonds. The zero-order valence-electron chi connectivity index (χ0n) is 6.93. The summed E-state index contributed by atoms with van der Waals surface area (Å²) in [7, 11) is 0. The third kappa shape index (κ3) is 1.24. The Morgan fingerprint density at radius 1 is 1.50 bits per heavy atom. The van der Waals surface area contributed by atoms with Gasteiger partial charge in [-0.05, 0) is 0 Å². The standard InChI is InChI=1S/C7H6N4O3/c12-4(13)1-3-5-6(11-10-3)8-2-9-7(5)14/h2H,1H2,(H,12,13)(H2,8,9,10,11,14). The summed E-state index contributed by atoms with van der Waals surface area (Å²) in [5.41, 5.74) is 0.555. The molecule has 0 fully saturated rings. The Morgan fingerprint density at radius 2 is 2.29 bits per heavy atom. The number of H-pyrrole nitrogens is 1. The van der Waals surface area contributed by atoms with Crippen molar-refractivity contribution in [2.24, 2.45) is 0 Å². The number of aromatic nitrogens is 4. The van der Waals surface area contributed by atoms with Crippen molar-refractivity contribution in [1.82, 2.24) is 20.2 Å². The maximum Gasteiger partial charge on any atom is 0.309 e. The van der Waals surface area contributed by atoms with E-state index in [4.69, 9.17) is 5.11 Å². The Balaban J connectivity index is 2.61. The number of hydrogen-bond donors (Lipinski definition) is 3. The highest BCUT2D eigenvalue weighted by molar-refractivity contribution is 5.86. The molecule has 0 aliphatic heterocycles. The van der Waals surface area contributed by atoms with Crippen molar-refractivity contribution in [3.8, 4) is 5.88 Å². The van der Waals surface area contributed by atoms with Crippen molar-refractivity contribution >= 4 is 17.0 Å². The van der Waals surface area contributed by atoms with Gasteiger partial charge < -0.3 is 10.2 Å². The lowest BCUT2D eigenvalue weighted by Crippen LogP contribution is -2.00. The topological polar surface area (TPSA) is 112 Å². The molecule has 0 saturated heterocycles. The van der Waals surface area contributed by atoms with Crippen LogP contribution in [0.3, 0.4) is 0 Å². The van der Waals surface area contributed by atoms with Crippen LogP contribution in [0.4, 0.5) is 0 Å². The summed E-state index contributed by atoms with van der Waals surface area (Å²) in [5, 5.41) is 24.4. The number of aromatic amines is 1. The Kier molecular flexibility index (Phi) is 1.77. The minimum absolute atomic E-state index is 0.227. The number of carboxylic acid groups (broad SMARTS) is 1. The van der Waals surface area contributed by atoms with Crippen LogP contribution in [-0.2, 0) is 11.2 Å². The second-order valence-corrected chi connectivity index (χ2v) is 2.66. The number of nitrogens with one attached hydrogen (secondary N) is 1. The lowest BCUT2D eigenvalue weighted by atomic mass is 10.2. The molecule has 0 atom stereocenters. The van der Waals surface area contributed by atoms with E-state index in [-0.39, 0.29) is 23.4 Å². The summed E-state index contributed by atoms with van der Waals surface area (Å²) in [6, 6.07) is 0. The van der Waals surface area contributed by atoms with Crippen molar-refractivity contribution in [1.29, 1.82) is 0 Å². The molecule has 14 heavy (non-hydrogen) atoms. The van der Waals surface area contributed by atoms with Crippen LogP contribution in [0.15, 0.2) is 6.33 Å². The first-order valence-electron chi connectivity index (χ1n) is 3.77. The van der Waals surface area contributed by atoms with Crippen LogP contribution in [-0.4, -0.2) is 36.3 Å². The van der Waals surface area contributed by atoms with Crippen molar-refractivity contribution in [3.05, 3.63) is 12.0 Å². The molecule has 0 unspecified atom stereocenters. The van der Waals surface area contributed by atoms with Gasteiger partial charge >= 0.3 is 5.97 Å². The Labute approximate surface area is 77.4 Å². The van der Waals surface area contributed by atoms with Gasteiger partial charge in [0.2, 0.25) is 5.88 Å². The van der Waals surface area contributed by atoms with Gasteiger partial charge in [0.25, 0.3) is 0 Å². The highest BCUT2D eigenvalue weighted by atomic mass is 16.4. The van der Waals surface area contributed by atoms with E-state index >= 15 is 0 Å². The van der Waals surface area contributed by atoms with Gasteiger partial charge in [-0.1, -0.05) is 0 Å². The number of rotatable bonds is 2. The number of nitrogens with zero attached hydrogens (tertiary/aromatic N) is 3. The Hall–Kier alpha value is -2.18. The van der Waals surface area contributed by atoms with Gasteiger partial charge in [0, 0.05) is 0 Å². The quantitative estimate of drug-likeness (QED) is 0.604. The lowest BCUT2D eigenvalue weighted by Gasteiger charge is -1.93. The fourth-order valence-electron chi connectivity index (χ4n) is 1.17.